The lowest BCUT2D eigenvalue weighted by atomic mass is 10.2. The van der Waals surface area contributed by atoms with Gasteiger partial charge in [-0.3, -0.25) is 19.0 Å². The lowest BCUT2D eigenvalue weighted by Crippen LogP contribution is -2.27. The van der Waals surface area contributed by atoms with Crippen LogP contribution >= 0.6 is 11.6 Å². The van der Waals surface area contributed by atoms with Crippen LogP contribution in [0.2, 0.25) is 5.02 Å². The molecule has 2 rings (SSSR count). The van der Waals surface area contributed by atoms with Crippen LogP contribution in [0.3, 0.4) is 0 Å². The zero-order valence-electron chi connectivity index (χ0n) is 13.4. The van der Waals surface area contributed by atoms with Gasteiger partial charge in [0, 0.05) is 19.8 Å². The van der Waals surface area contributed by atoms with Crippen molar-refractivity contribution in [1.29, 1.82) is 0 Å². The number of halogens is 1. The maximum absolute atomic E-state index is 12.5. The highest BCUT2D eigenvalue weighted by Crippen LogP contribution is 2.20. The average molecular weight is 339 g/mol. The van der Waals surface area contributed by atoms with Crippen LogP contribution in [-0.2, 0) is 11.3 Å². The summed E-state index contributed by atoms with van der Waals surface area (Å²) < 4.78 is 3.11. The van der Waals surface area contributed by atoms with Crippen molar-refractivity contribution in [1.82, 2.24) is 24.9 Å². The van der Waals surface area contributed by atoms with Crippen LogP contribution in [0.4, 0.5) is 5.69 Å². The lowest BCUT2D eigenvalue weighted by Gasteiger charge is -2.14. The number of nitrogens with one attached hydrogen (secondary N) is 2. The van der Waals surface area contributed by atoms with Gasteiger partial charge in [0.2, 0.25) is 5.91 Å². The highest BCUT2D eigenvalue weighted by Gasteiger charge is 2.22. The molecule has 0 aromatic carbocycles. The summed E-state index contributed by atoms with van der Waals surface area (Å²) in [5.41, 5.74) is 1.23. The van der Waals surface area contributed by atoms with Crippen LogP contribution in [0.5, 0.6) is 0 Å². The number of hydrogen-bond acceptors (Lipinski definition) is 4. The predicted molar refractivity (Wildman–Crippen MR) is 86.6 cm³/mol. The van der Waals surface area contributed by atoms with Gasteiger partial charge in [0.15, 0.2) is 5.69 Å². The third kappa shape index (κ3) is 3.37. The Labute approximate surface area is 138 Å². The Morgan fingerprint density at radius 1 is 1.43 bits per heavy atom. The molecule has 2 aromatic rings. The molecule has 0 bridgehead atoms. The van der Waals surface area contributed by atoms with E-state index in [2.05, 4.69) is 20.8 Å². The molecular weight excluding hydrogens is 320 g/mol. The summed E-state index contributed by atoms with van der Waals surface area (Å²) in [5, 5.41) is 14.0. The lowest BCUT2D eigenvalue weighted by molar-refractivity contribution is -0.119. The van der Waals surface area contributed by atoms with E-state index in [1.807, 2.05) is 6.92 Å². The third-order valence-electron chi connectivity index (χ3n) is 3.52. The summed E-state index contributed by atoms with van der Waals surface area (Å²) in [4.78, 5) is 24.3. The minimum absolute atomic E-state index is 0.171. The number of nitrogens with zero attached hydrogens (tertiary/aromatic N) is 4. The van der Waals surface area contributed by atoms with Crippen LogP contribution < -0.4 is 10.6 Å². The van der Waals surface area contributed by atoms with Crippen LogP contribution in [0, 0.1) is 6.92 Å². The molecule has 0 aliphatic carbocycles. The minimum Gasteiger partial charge on any atom is -0.354 e. The van der Waals surface area contributed by atoms with Gasteiger partial charge in [0.1, 0.15) is 6.04 Å². The Hall–Kier alpha value is -2.35. The predicted octanol–water partition coefficient (Wildman–Crippen LogP) is 1.62. The fourth-order valence-corrected chi connectivity index (χ4v) is 2.23. The van der Waals surface area contributed by atoms with Gasteiger partial charge in [-0.1, -0.05) is 11.6 Å². The minimum atomic E-state index is -0.579. The molecule has 23 heavy (non-hydrogen) atoms. The Morgan fingerprint density at radius 3 is 2.65 bits per heavy atom. The van der Waals surface area contributed by atoms with E-state index in [1.54, 1.807) is 24.7 Å². The molecule has 0 saturated heterocycles. The van der Waals surface area contributed by atoms with Crippen LogP contribution in [-0.4, -0.2) is 38.4 Å². The van der Waals surface area contributed by atoms with Crippen LogP contribution in [0.15, 0.2) is 12.4 Å². The standard InChI is InChI=1S/C14H19ClN6O2/c1-5-20-7-11(12(19-20)14(23)16-4)18-13(22)9(3)21-8(2)10(15)6-17-21/h6-7,9H,5H2,1-4H3,(H,16,23)(H,18,22)/t9-/m0/s1. The molecule has 0 aliphatic rings. The van der Waals surface area contributed by atoms with Gasteiger partial charge in [0.05, 0.1) is 22.6 Å². The Kier molecular flexibility index (Phi) is 5.05. The smallest absolute Gasteiger partial charge is 0.273 e. The number of carbonyl (C=O) groups excluding carboxylic acids is 2. The first-order valence-electron chi connectivity index (χ1n) is 7.19. The molecule has 124 valence electrons. The topological polar surface area (TPSA) is 93.8 Å². The maximum Gasteiger partial charge on any atom is 0.273 e. The van der Waals surface area contributed by atoms with Gasteiger partial charge in [-0.15, -0.1) is 0 Å². The van der Waals surface area contributed by atoms with Gasteiger partial charge in [-0.2, -0.15) is 10.2 Å². The molecule has 0 saturated carbocycles. The van der Waals surface area contributed by atoms with Crippen molar-refractivity contribution in [3.8, 4) is 0 Å². The highest BCUT2D eigenvalue weighted by molar-refractivity contribution is 6.31. The van der Waals surface area contributed by atoms with Crippen molar-refractivity contribution in [3.63, 3.8) is 0 Å². The maximum atomic E-state index is 12.5. The molecule has 0 radical (unpaired) electrons. The molecule has 0 unspecified atom stereocenters. The largest absolute Gasteiger partial charge is 0.354 e. The molecule has 0 aliphatic heterocycles. The molecule has 8 nitrogen and oxygen atoms in total. The SMILES string of the molecule is CCn1cc(NC(=O)[C@H](C)n2ncc(Cl)c2C)c(C(=O)NC)n1. The monoisotopic (exact) mass is 338 g/mol. The number of hydrogen-bond donors (Lipinski definition) is 2. The summed E-state index contributed by atoms with van der Waals surface area (Å²) in [6, 6.07) is -0.579. The first-order valence-corrected chi connectivity index (χ1v) is 7.56. The van der Waals surface area contributed by atoms with Gasteiger partial charge in [0.25, 0.3) is 5.91 Å². The third-order valence-corrected chi connectivity index (χ3v) is 3.89. The van der Waals surface area contributed by atoms with E-state index in [9.17, 15) is 9.59 Å². The van der Waals surface area contributed by atoms with Gasteiger partial charge in [-0.05, 0) is 20.8 Å². The molecule has 0 spiro atoms. The number of aryl methyl sites for hydroxylation is 1. The molecule has 2 N–H and O–H groups in total. The van der Waals surface area contributed by atoms with Crippen LogP contribution in [0.25, 0.3) is 0 Å². The number of carbonyl (C=O) groups is 2. The van der Waals surface area contributed by atoms with Crippen molar-refractivity contribution >= 4 is 29.1 Å². The molecule has 2 amide bonds. The first-order chi connectivity index (χ1) is 10.9. The number of rotatable bonds is 5. The quantitative estimate of drug-likeness (QED) is 0.866. The fourth-order valence-electron chi connectivity index (χ4n) is 2.10. The zero-order chi connectivity index (χ0) is 17.1. The normalized spacial score (nSPS) is 12.0. The van der Waals surface area contributed by atoms with E-state index < -0.39 is 6.04 Å². The van der Waals surface area contributed by atoms with Crippen molar-refractivity contribution in [3.05, 3.63) is 28.8 Å². The Morgan fingerprint density at radius 2 is 2.13 bits per heavy atom. The van der Waals surface area contributed by atoms with Crippen molar-refractivity contribution in [2.45, 2.75) is 33.4 Å². The zero-order valence-corrected chi connectivity index (χ0v) is 14.2. The Balaban J connectivity index is 2.24. The average Bonchev–Trinajstić information content (AvgIpc) is 3.10. The van der Waals surface area contributed by atoms with Gasteiger partial charge < -0.3 is 10.6 Å². The van der Waals surface area contributed by atoms with Crippen LogP contribution in [0.1, 0.15) is 36.1 Å². The number of anilines is 1. The summed E-state index contributed by atoms with van der Waals surface area (Å²) >= 11 is 5.96. The van der Waals surface area contributed by atoms with Gasteiger partial charge in [-0.25, -0.2) is 0 Å². The fraction of sp³-hybridized carbons (Fsp3) is 0.429. The number of aromatic nitrogens is 4. The summed E-state index contributed by atoms with van der Waals surface area (Å²) in [6.45, 7) is 5.97. The summed E-state index contributed by atoms with van der Waals surface area (Å²) in [7, 11) is 1.51. The second kappa shape index (κ2) is 6.82. The molecule has 9 heteroatoms. The van der Waals surface area contributed by atoms with E-state index in [4.69, 9.17) is 11.6 Å². The second-order valence-electron chi connectivity index (χ2n) is 5.01. The molecule has 0 fully saturated rings. The number of amides is 2. The van der Waals surface area contributed by atoms with E-state index in [-0.39, 0.29) is 17.5 Å². The summed E-state index contributed by atoms with van der Waals surface area (Å²) in [5.74, 6) is -0.674. The van der Waals surface area contributed by atoms with Gasteiger partial charge >= 0.3 is 0 Å². The van der Waals surface area contributed by atoms with E-state index >= 15 is 0 Å². The Bertz CT molecular complexity index is 736. The second-order valence-corrected chi connectivity index (χ2v) is 5.42. The molecular formula is C14H19ClN6O2. The van der Waals surface area contributed by atoms with E-state index in [1.165, 1.54) is 17.9 Å². The van der Waals surface area contributed by atoms with E-state index in [0.717, 1.165) is 0 Å². The first kappa shape index (κ1) is 17.0. The van der Waals surface area contributed by atoms with Crippen molar-refractivity contribution < 1.29 is 9.59 Å². The highest BCUT2D eigenvalue weighted by atomic mass is 35.5. The molecule has 2 aromatic heterocycles. The molecule has 1 atom stereocenters. The molecule has 2 heterocycles. The van der Waals surface area contributed by atoms with Crippen molar-refractivity contribution in [2.24, 2.45) is 0 Å². The summed E-state index contributed by atoms with van der Waals surface area (Å²) in [6.07, 6.45) is 3.11. The van der Waals surface area contributed by atoms with E-state index in [0.29, 0.717) is 22.9 Å². The van der Waals surface area contributed by atoms with Crippen molar-refractivity contribution in [2.75, 3.05) is 12.4 Å².